The third kappa shape index (κ3) is 3.45. The zero-order valence-corrected chi connectivity index (χ0v) is 17.7. The van der Waals surface area contributed by atoms with Gasteiger partial charge in [-0.25, -0.2) is 4.39 Å². The Balaban J connectivity index is 0.000000336. The van der Waals surface area contributed by atoms with Crippen LogP contribution >= 0.6 is 0 Å². The van der Waals surface area contributed by atoms with Gasteiger partial charge in [0.05, 0.1) is 0 Å². The number of rotatable bonds is 1. The van der Waals surface area contributed by atoms with Crippen molar-refractivity contribution in [2.45, 2.75) is 78.3 Å². The van der Waals surface area contributed by atoms with Gasteiger partial charge in [0.25, 0.3) is 0 Å². The van der Waals surface area contributed by atoms with Gasteiger partial charge in [-0.2, -0.15) is 5.10 Å². The molecule has 4 aliphatic carbocycles. The number of aromatic amines is 1. The molecule has 1 N–H and O–H groups in total. The number of H-pyrrole nitrogens is 1. The predicted octanol–water partition coefficient (Wildman–Crippen LogP) is 5.84. The van der Waals surface area contributed by atoms with Crippen molar-refractivity contribution >= 4 is 5.78 Å². The highest BCUT2D eigenvalue weighted by atomic mass is 19.1. The van der Waals surface area contributed by atoms with Gasteiger partial charge in [0.1, 0.15) is 12.0 Å². The maximum absolute atomic E-state index is 15.0. The Morgan fingerprint density at radius 2 is 1.86 bits per heavy atom. The van der Waals surface area contributed by atoms with Crippen LogP contribution in [0.1, 0.15) is 72.1 Å². The molecule has 0 aromatic carbocycles. The lowest BCUT2D eigenvalue weighted by Crippen LogP contribution is -2.52. The first-order valence-corrected chi connectivity index (χ1v) is 11.5. The Labute approximate surface area is 169 Å². The Hall–Kier alpha value is -1.19. The molecule has 1 aromatic heterocycles. The maximum atomic E-state index is 15.0. The number of carbonyl (C=O) groups excluding carboxylic acids is 1. The number of ketones is 1. The number of aromatic nitrogens is 2. The summed E-state index contributed by atoms with van der Waals surface area (Å²) in [6.07, 6.45) is 12.0. The molecule has 1 heterocycles. The summed E-state index contributed by atoms with van der Waals surface area (Å²) in [4.78, 5) is 12.1. The summed E-state index contributed by atoms with van der Waals surface area (Å²) in [5.41, 5.74) is 0.168. The quantitative estimate of drug-likeness (QED) is 0.657. The van der Waals surface area contributed by atoms with Crippen LogP contribution in [-0.2, 0) is 4.79 Å². The molecular weight excluding hydrogens is 351 g/mol. The molecule has 0 bridgehead atoms. The van der Waals surface area contributed by atoms with Crippen LogP contribution in [0.3, 0.4) is 0 Å². The average Bonchev–Trinajstić information content (AvgIpc) is 3.33. The second kappa shape index (κ2) is 7.91. The monoisotopic (exact) mass is 388 g/mol. The van der Waals surface area contributed by atoms with E-state index in [1.165, 1.54) is 32.1 Å². The summed E-state index contributed by atoms with van der Waals surface area (Å²) in [5.74, 6) is 4.24. The van der Waals surface area contributed by atoms with E-state index in [1.807, 2.05) is 6.07 Å². The third-order valence-electron chi connectivity index (χ3n) is 9.12. The molecule has 3 nitrogen and oxygen atoms in total. The van der Waals surface area contributed by atoms with E-state index in [-0.39, 0.29) is 11.3 Å². The molecule has 0 amide bonds. The molecule has 156 valence electrons. The Morgan fingerprint density at radius 3 is 2.50 bits per heavy atom. The van der Waals surface area contributed by atoms with Gasteiger partial charge in [-0.05, 0) is 98.9 Å². The molecule has 28 heavy (non-hydrogen) atoms. The topological polar surface area (TPSA) is 45.8 Å². The van der Waals surface area contributed by atoms with E-state index in [9.17, 15) is 4.79 Å². The van der Waals surface area contributed by atoms with Gasteiger partial charge < -0.3 is 0 Å². The lowest BCUT2D eigenvalue weighted by molar-refractivity contribution is -0.130. The number of nitrogens with one attached hydrogen (secondary N) is 1. The summed E-state index contributed by atoms with van der Waals surface area (Å²) in [7, 11) is 0. The van der Waals surface area contributed by atoms with Gasteiger partial charge in [-0.15, -0.1) is 0 Å². The van der Waals surface area contributed by atoms with Crippen molar-refractivity contribution in [3.63, 3.8) is 0 Å². The highest BCUT2D eigenvalue weighted by molar-refractivity contribution is 5.79. The number of nitrogens with zero attached hydrogens (tertiary/aromatic N) is 1. The predicted molar refractivity (Wildman–Crippen MR) is 109 cm³/mol. The van der Waals surface area contributed by atoms with E-state index >= 15 is 4.39 Å². The van der Waals surface area contributed by atoms with E-state index in [0.29, 0.717) is 35.4 Å². The Morgan fingerprint density at radius 1 is 1.07 bits per heavy atom. The number of fused-ring (bicyclic) bond motifs is 5. The van der Waals surface area contributed by atoms with Gasteiger partial charge in [0, 0.05) is 18.3 Å². The molecular formula is C24H37FN2O. The number of hydrogen-bond acceptors (Lipinski definition) is 2. The fourth-order valence-electron chi connectivity index (χ4n) is 7.90. The van der Waals surface area contributed by atoms with Gasteiger partial charge in [-0.1, -0.05) is 20.3 Å². The molecule has 4 aliphatic rings. The van der Waals surface area contributed by atoms with Crippen LogP contribution in [-0.4, -0.2) is 22.2 Å². The SMILES string of the molecule is CC(=O)C1CCC2C3CC(F)C4CC(C)CCC4C3CCC12C.c1cn[nH]c1. The van der Waals surface area contributed by atoms with Gasteiger partial charge in [-0.3, -0.25) is 9.89 Å². The summed E-state index contributed by atoms with van der Waals surface area (Å²) >= 11 is 0. The molecule has 4 saturated carbocycles. The molecule has 0 radical (unpaired) electrons. The first-order chi connectivity index (χ1) is 13.4. The van der Waals surface area contributed by atoms with Gasteiger partial charge in [0.2, 0.25) is 0 Å². The highest BCUT2D eigenvalue weighted by Gasteiger charge is 2.59. The first-order valence-electron chi connectivity index (χ1n) is 11.5. The van der Waals surface area contributed by atoms with Crippen LogP contribution in [0.4, 0.5) is 4.39 Å². The zero-order valence-electron chi connectivity index (χ0n) is 17.7. The smallest absolute Gasteiger partial charge is 0.133 e. The fourth-order valence-corrected chi connectivity index (χ4v) is 7.90. The molecule has 4 heteroatoms. The summed E-state index contributed by atoms with van der Waals surface area (Å²) < 4.78 is 15.0. The molecule has 9 unspecified atom stereocenters. The van der Waals surface area contributed by atoms with Crippen molar-refractivity contribution < 1.29 is 9.18 Å². The molecule has 5 rings (SSSR count). The van der Waals surface area contributed by atoms with Crippen molar-refractivity contribution in [1.29, 1.82) is 0 Å². The van der Waals surface area contributed by atoms with Crippen molar-refractivity contribution in [2.75, 3.05) is 0 Å². The normalized spacial score (nSPS) is 47.1. The molecule has 4 fully saturated rings. The Bertz CT molecular complexity index is 644. The van der Waals surface area contributed by atoms with E-state index in [0.717, 1.165) is 25.2 Å². The summed E-state index contributed by atoms with van der Waals surface area (Å²) in [6, 6.07) is 1.83. The van der Waals surface area contributed by atoms with E-state index in [2.05, 4.69) is 24.0 Å². The van der Waals surface area contributed by atoms with Crippen LogP contribution in [0.15, 0.2) is 18.5 Å². The van der Waals surface area contributed by atoms with Crippen molar-refractivity contribution in [1.82, 2.24) is 10.2 Å². The van der Waals surface area contributed by atoms with Crippen molar-refractivity contribution in [3.8, 4) is 0 Å². The standard InChI is InChI=1S/C21H33FO.C3H4N2/c1-12-4-5-14-15-8-9-21(3)18(13(2)23)6-7-19(21)16(15)11-20(22)17(14)10-12;1-2-4-5-3-1/h12,14-20H,4-11H2,1-3H3;1-3H,(H,4,5). The van der Waals surface area contributed by atoms with Crippen LogP contribution in [0.5, 0.6) is 0 Å². The van der Waals surface area contributed by atoms with Crippen LogP contribution in [0.25, 0.3) is 0 Å². The van der Waals surface area contributed by atoms with Crippen LogP contribution < -0.4 is 0 Å². The third-order valence-corrected chi connectivity index (χ3v) is 9.12. The number of carbonyl (C=O) groups is 1. The second-order valence-electron chi connectivity index (χ2n) is 10.5. The zero-order chi connectivity index (χ0) is 19.9. The fraction of sp³-hybridized carbons (Fsp3) is 0.833. The lowest BCUT2D eigenvalue weighted by Gasteiger charge is -2.56. The molecule has 9 atom stereocenters. The number of Topliss-reactive ketones (excluding diaryl/α,β-unsaturated/α-hetero) is 1. The summed E-state index contributed by atoms with van der Waals surface area (Å²) in [6.45, 7) is 6.44. The summed E-state index contributed by atoms with van der Waals surface area (Å²) in [5, 5.41) is 6.21. The molecule has 1 aromatic rings. The van der Waals surface area contributed by atoms with Gasteiger partial charge >= 0.3 is 0 Å². The number of hydrogen-bond donors (Lipinski definition) is 1. The highest BCUT2D eigenvalue weighted by Crippen LogP contribution is 2.64. The minimum absolute atomic E-state index is 0.168. The van der Waals surface area contributed by atoms with Crippen molar-refractivity contribution in [2.24, 2.45) is 46.8 Å². The van der Waals surface area contributed by atoms with E-state index in [1.54, 1.807) is 19.3 Å². The maximum Gasteiger partial charge on any atom is 0.133 e. The minimum atomic E-state index is -0.581. The molecule has 0 aliphatic heterocycles. The van der Waals surface area contributed by atoms with Crippen molar-refractivity contribution in [3.05, 3.63) is 18.5 Å². The first kappa shape index (κ1) is 20.1. The van der Waals surface area contributed by atoms with Gasteiger partial charge in [0.15, 0.2) is 0 Å². The number of halogens is 1. The second-order valence-corrected chi connectivity index (χ2v) is 10.5. The van der Waals surface area contributed by atoms with Crippen LogP contribution in [0.2, 0.25) is 0 Å². The van der Waals surface area contributed by atoms with Crippen LogP contribution in [0, 0.1) is 46.8 Å². The lowest BCUT2D eigenvalue weighted by atomic mass is 9.49. The van der Waals surface area contributed by atoms with E-state index < -0.39 is 6.17 Å². The van der Waals surface area contributed by atoms with E-state index in [4.69, 9.17) is 0 Å². The number of alkyl halides is 1. The minimum Gasteiger partial charge on any atom is -0.300 e. The molecule has 0 saturated heterocycles. The Kier molecular flexibility index (Phi) is 5.68. The largest absolute Gasteiger partial charge is 0.300 e. The average molecular weight is 389 g/mol. The molecule has 0 spiro atoms.